The minimum atomic E-state index is -0.496. The Balaban J connectivity index is 1.58. The monoisotopic (exact) mass is 410 g/mol. The van der Waals surface area contributed by atoms with Crippen LogP contribution < -0.4 is 5.32 Å². The summed E-state index contributed by atoms with van der Waals surface area (Å²) < 4.78 is 1.88. The van der Waals surface area contributed by atoms with Crippen LogP contribution in [0.25, 0.3) is 0 Å². The van der Waals surface area contributed by atoms with Crippen molar-refractivity contribution in [3.63, 3.8) is 0 Å². The van der Waals surface area contributed by atoms with Gasteiger partial charge in [0.1, 0.15) is 6.04 Å². The lowest BCUT2D eigenvalue weighted by Gasteiger charge is -2.29. The molecular weight excluding hydrogens is 376 g/mol. The van der Waals surface area contributed by atoms with Crippen molar-refractivity contribution < 1.29 is 9.59 Å². The number of aromatic nitrogens is 2. The van der Waals surface area contributed by atoms with Gasteiger partial charge in [0.05, 0.1) is 12.7 Å². The van der Waals surface area contributed by atoms with Crippen LogP contribution in [-0.4, -0.2) is 39.6 Å². The van der Waals surface area contributed by atoms with Crippen LogP contribution in [0.1, 0.15) is 57.1 Å². The number of nitrogens with one attached hydrogen (secondary N) is 1. The predicted octanol–water partition coefficient (Wildman–Crippen LogP) is 3.61. The Morgan fingerprint density at radius 3 is 2.50 bits per heavy atom. The molecular formula is C24H34N4O2. The number of benzene rings is 1. The lowest BCUT2D eigenvalue weighted by atomic mass is 9.88. The first-order valence-corrected chi connectivity index (χ1v) is 11.0. The summed E-state index contributed by atoms with van der Waals surface area (Å²) in [4.78, 5) is 27.5. The number of amides is 2. The molecule has 6 nitrogen and oxygen atoms in total. The minimum absolute atomic E-state index is 0.0332. The lowest BCUT2D eigenvalue weighted by molar-refractivity contribution is -0.138. The number of nitrogens with zero attached hydrogens (tertiary/aromatic N) is 3. The Morgan fingerprint density at radius 2 is 1.83 bits per heavy atom. The molecule has 1 N–H and O–H groups in total. The summed E-state index contributed by atoms with van der Waals surface area (Å²) in [5.41, 5.74) is 2.16. The maximum Gasteiger partial charge on any atom is 0.245 e. The summed E-state index contributed by atoms with van der Waals surface area (Å²) in [5, 5.41) is 7.46. The van der Waals surface area contributed by atoms with Crippen LogP contribution in [0.2, 0.25) is 0 Å². The van der Waals surface area contributed by atoms with Gasteiger partial charge in [0.15, 0.2) is 0 Å². The van der Waals surface area contributed by atoms with Crippen LogP contribution in [0.15, 0.2) is 42.7 Å². The summed E-state index contributed by atoms with van der Waals surface area (Å²) in [6, 6.07) is 9.67. The molecule has 0 saturated heterocycles. The van der Waals surface area contributed by atoms with Gasteiger partial charge in [-0.1, -0.05) is 63.4 Å². The first-order valence-electron chi connectivity index (χ1n) is 11.0. The third-order valence-corrected chi connectivity index (χ3v) is 5.88. The van der Waals surface area contributed by atoms with Gasteiger partial charge < -0.3 is 10.2 Å². The molecule has 0 aliphatic heterocycles. The zero-order valence-corrected chi connectivity index (χ0v) is 18.4. The van der Waals surface area contributed by atoms with Crippen molar-refractivity contribution in [2.75, 3.05) is 7.05 Å². The van der Waals surface area contributed by atoms with Gasteiger partial charge in [0.25, 0.3) is 0 Å². The molecule has 3 rings (SSSR count). The van der Waals surface area contributed by atoms with Gasteiger partial charge in [-0.15, -0.1) is 0 Å². The maximum absolute atomic E-state index is 13.1. The molecule has 0 radical (unpaired) electrons. The summed E-state index contributed by atoms with van der Waals surface area (Å²) >= 11 is 0. The summed E-state index contributed by atoms with van der Waals surface area (Å²) in [5.74, 6) is 0.0680. The normalized spacial score (nSPS) is 15.7. The van der Waals surface area contributed by atoms with Crippen LogP contribution in [0, 0.1) is 11.8 Å². The number of carbonyl (C=O) groups excluding carboxylic acids is 2. The standard InChI is InChI=1S/C24H34N4O2/c1-18(2)22(26-23(29)21-12-8-5-9-13-21)24(30)27(3)15-20-14-25-28(17-20)16-19-10-6-4-7-11-19/h4,6-7,10-11,14,17-18,21-22H,5,8-9,12-13,15-16H2,1-3H3,(H,26,29). The van der Waals surface area contributed by atoms with E-state index in [0.29, 0.717) is 13.1 Å². The zero-order chi connectivity index (χ0) is 21.5. The highest BCUT2D eigenvalue weighted by molar-refractivity contribution is 5.88. The number of hydrogen-bond acceptors (Lipinski definition) is 3. The van der Waals surface area contributed by atoms with E-state index in [0.717, 1.165) is 31.2 Å². The van der Waals surface area contributed by atoms with Gasteiger partial charge in [-0.2, -0.15) is 5.10 Å². The largest absolute Gasteiger partial charge is 0.344 e. The molecule has 0 spiro atoms. The van der Waals surface area contributed by atoms with Gasteiger partial charge in [-0.3, -0.25) is 14.3 Å². The fraction of sp³-hybridized carbons (Fsp3) is 0.542. The van der Waals surface area contributed by atoms with Crippen LogP contribution in [0.4, 0.5) is 0 Å². The van der Waals surface area contributed by atoms with Crippen LogP contribution in [-0.2, 0) is 22.7 Å². The number of carbonyl (C=O) groups is 2. The SMILES string of the molecule is CC(C)C(NC(=O)C1CCCCC1)C(=O)N(C)Cc1cnn(Cc2ccccc2)c1. The summed E-state index contributed by atoms with van der Waals surface area (Å²) in [7, 11) is 1.79. The molecule has 162 valence electrons. The van der Waals surface area contributed by atoms with Gasteiger partial charge in [0, 0.05) is 31.3 Å². The van der Waals surface area contributed by atoms with E-state index in [4.69, 9.17) is 0 Å². The van der Waals surface area contributed by atoms with Gasteiger partial charge in [-0.25, -0.2) is 0 Å². The topological polar surface area (TPSA) is 67.2 Å². The van der Waals surface area contributed by atoms with E-state index in [1.165, 1.54) is 12.0 Å². The molecule has 6 heteroatoms. The Kier molecular flexibility index (Phi) is 7.66. The number of likely N-dealkylation sites (N-methyl/N-ethyl adjacent to an activating group) is 1. The van der Waals surface area contributed by atoms with Crippen molar-refractivity contribution in [1.82, 2.24) is 20.0 Å². The van der Waals surface area contributed by atoms with Crippen molar-refractivity contribution in [2.45, 2.75) is 65.1 Å². The van der Waals surface area contributed by atoms with Crippen molar-refractivity contribution in [3.05, 3.63) is 53.9 Å². The lowest BCUT2D eigenvalue weighted by Crippen LogP contribution is -2.51. The minimum Gasteiger partial charge on any atom is -0.344 e. The van der Waals surface area contributed by atoms with Crippen molar-refractivity contribution in [1.29, 1.82) is 0 Å². The third kappa shape index (κ3) is 5.94. The average molecular weight is 411 g/mol. The second kappa shape index (κ2) is 10.4. The van der Waals surface area contributed by atoms with Crippen molar-refractivity contribution in [3.8, 4) is 0 Å². The average Bonchev–Trinajstić information content (AvgIpc) is 3.19. The van der Waals surface area contributed by atoms with Crippen LogP contribution in [0.3, 0.4) is 0 Å². The molecule has 1 heterocycles. The molecule has 2 aromatic rings. The summed E-state index contributed by atoms with van der Waals surface area (Å²) in [6.07, 6.45) is 9.05. The Morgan fingerprint density at radius 1 is 1.13 bits per heavy atom. The molecule has 1 saturated carbocycles. The van der Waals surface area contributed by atoms with E-state index in [1.807, 2.05) is 42.9 Å². The Labute approximate surface area is 179 Å². The molecule has 1 aromatic heterocycles. The first kappa shape index (κ1) is 22.1. The Hall–Kier alpha value is -2.63. The van der Waals surface area contributed by atoms with E-state index in [1.54, 1.807) is 18.1 Å². The quantitative estimate of drug-likeness (QED) is 0.723. The molecule has 1 aliphatic carbocycles. The Bertz CT molecular complexity index is 825. The first-order chi connectivity index (χ1) is 14.4. The molecule has 1 unspecified atom stereocenters. The molecule has 1 fully saturated rings. The van der Waals surface area contributed by atoms with E-state index in [2.05, 4.69) is 22.5 Å². The number of rotatable bonds is 8. The fourth-order valence-corrected chi connectivity index (χ4v) is 4.08. The molecule has 1 aromatic carbocycles. The van der Waals surface area contributed by atoms with Gasteiger partial charge in [0.2, 0.25) is 11.8 Å². The molecule has 2 amide bonds. The zero-order valence-electron chi connectivity index (χ0n) is 18.4. The second-order valence-electron chi connectivity index (χ2n) is 8.79. The summed E-state index contributed by atoms with van der Waals surface area (Å²) in [6.45, 7) is 5.13. The molecule has 1 atom stereocenters. The fourth-order valence-electron chi connectivity index (χ4n) is 4.08. The highest BCUT2D eigenvalue weighted by atomic mass is 16.2. The van der Waals surface area contributed by atoms with Crippen molar-refractivity contribution in [2.24, 2.45) is 11.8 Å². The van der Waals surface area contributed by atoms with E-state index in [-0.39, 0.29) is 23.7 Å². The molecule has 1 aliphatic rings. The number of hydrogen-bond donors (Lipinski definition) is 1. The van der Waals surface area contributed by atoms with Gasteiger partial charge in [-0.05, 0) is 24.3 Å². The van der Waals surface area contributed by atoms with Crippen LogP contribution in [0.5, 0.6) is 0 Å². The highest BCUT2D eigenvalue weighted by Gasteiger charge is 2.30. The van der Waals surface area contributed by atoms with Crippen LogP contribution >= 0.6 is 0 Å². The van der Waals surface area contributed by atoms with Crippen molar-refractivity contribution >= 4 is 11.8 Å². The predicted molar refractivity (Wildman–Crippen MR) is 118 cm³/mol. The molecule has 0 bridgehead atoms. The van der Waals surface area contributed by atoms with E-state index in [9.17, 15) is 9.59 Å². The second-order valence-corrected chi connectivity index (χ2v) is 8.79. The highest BCUT2D eigenvalue weighted by Crippen LogP contribution is 2.24. The van der Waals surface area contributed by atoms with Gasteiger partial charge >= 0.3 is 0 Å². The third-order valence-electron chi connectivity index (χ3n) is 5.88. The maximum atomic E-state index is 13.1. The van der Waals surface area contributed by atoms with E-state index >= 15 is 0 Å². The smallest absolute Gasteiger partial charge is 0.245 e. The molecule has 30 heavy (non-hydrogen) atoms. The van der Waals surface area contributed by atoms with E-state index < -0.39 is 6.04 Å².